The molecule has 0 bridgehead atoms. The van der Waals surface area contributed by atoms with Crippen LogP contribution >= 0.6 is 11.6 Å². The van der Waals surface area contributed by atoms with Crippen LogP contribution in [0.4, 0.5) is 4.39 Å². The van der Waals surface area contributed by atoms with Crippen molar-refractivity contribution in [2.45, 2.75) is 63.9 Å². The monoisotopic (exact) mass is 672 g/mol. The number of piperidine rings is 1. The maximum atomic E-state index is 13.3. The fourth-order valence-electron chi connectivity index (χ4n) is 7.00. The number of amides is 1. The molecule has 0 radical (unpaired) electrons. The van der Waals surface area contributed by atoms with E-state index in [4.69, 9.17) is 16.7 Å². The zero-order valence-corrected chi connectivity index (χ0v) is 27.7. The zero-order chi connectivity index (χ0) is 32.4. The molecule has 2 N–H and O–H groups in total. The average Bonchev–Trinajstić information content (AvgIpc) is 3.70. The Bertz CT molecular complexity index is 1650. The van der Waals surface area contributed by atoms with Crippen LogP contribution in [0.15, 0.2) is 42.5 Å². The van der Waals surface area contributed by atoms with Crippen molar-refractivity contribution in [3.8, 4) is 11.3 Å². The van der Waals surface area contributed by atoms with Crippen LogP contribution in [0, 0.1) is 5.82 Å². The number of benzene rings is 2. The van der Waals surface area contributed by atoms with Gasteiger partial charge in [-0.1, -0.05) is 17.7 Å². The van der Waals surface area contributed by atoms with E-state index in [0.29, 0.717) is 53.9 Å². The molecule has 46 heavy (non-hydrogen) atoms. The van der Waals surface area contributed by atoms with E-state index < -0.39 is 21.9 Å². The Kier molecular flexibility index (Phi) is 10.1. The molecular formula is C33H42ClFN6O4S. The Balaban J connectivity index is 1.19. The van der Waals surface area contributed by atoms with E-state index in [9.17, 15) is 22.7 Å². The molecule has 2 fully saturated rings. The summed E-state index contributed by atoms with van der Waals surface area (Å²) in [5, 5.41) is 19.4. The van der Waals surface area contributed by atoms with Gasteiger partial charge in [0.15, 0.2) is 0 Å². The van der Waals surface area contributed by atoms with Crippen LogP contribution in [0.2, 0.25) is 5.02 Å². The lowest BCUT2D eigenvalue weighted by Gasteiger charge is -2.37. The van der Waals surface area contributed by atoms with Crippen molar-refractivity contribution in [1.82, 2.24) is 29.2 Å². The molecule has 1 unspecified atom stereocenters. The molecule has 4 heterocycles. The summed E-state index contributed by atoms with van der Waals surface area (Å²) in [6, 6.07) is 11.4. The number of nitrogens with one attached hydrogen (secondary N) is 1. The van der Waals surface area contributed by atoms with Crippen molar-refractivity contribution in [1.29, 1.82) is 0 Å². The molecule has 0 saturated carbocycles. The van der Waals surface area contributed by atoms with Crippen LogP contribution in [0.5, 0.6) is 0 Å². The average molecular weight is 673 g/mol. The van der Waals surface area contributed by atoms with Crippen molar-refractivity contribution in [3.05, 3.63) is 75.7 Å². The highest BCUT2D eigenvalue weighted by atomic mass is 35.5. The van der Waals surface area contributed by atoms with Gasteiger partial charge in [0.05, 0.1) is 24.6 Å². The normalized spacial score (nSPS) is 19.3. The van der Waals surface area contributed by atoms with Gasteiger partial charge in [0.25, 0.3) is 5.91 Å². The number of rotatable bonds is 10. The van der Waals surface area contributed by atoms with Gasteiger partial charge >= 0.3 is 0 Å². The molecule has 0 spiro atoms. The number of likely N-dealkylation sites (tertiary alicyclic amines) is 2. The summed E-state index contributed by atoms with van der Waals surface area (Å²) in [4.78, 5) is 17.6. The second-order valence-electron chi connectivity index (χ2n) is 12.7. The summed E-state index contributed by atoms with van der Waals surface area (Å²) in [5.41, 5.74) is 4.08. The summed E-state index contributed by atoms with van der Waals surface area (Å²) in [5.74, 6) is -0.782. The number of nitrogens with zero attached hydrogens (tertiary/aromatic N) is 5. The van der Waals surface area contributed by atoms with Crippen LogP contribution in [-0.4, -0.2) is 101 Å². The first-order valence-electron chi connectivity index (χ1n) is 16.1. The first kappa shape index (κ1) is 33.0. The smallest absolute Gasteiger partial charge is 0.251 e. The minimum Gasteiger partial charge on any atom is -0.390 e. The van der Waals surface area contributed by atoms with Gasteiger partial charge in [-0.25, -0.2) is 12.8 Å². The zero-order valence-electron chi connectivity index (χ0n) is 26.2. The van der Waals surface area contributed by atoms with E-state index in [1.54, 1.807) is 6.07 Å². The molecule has 2 saturated heterocycles. The summed E-state index contributed by atoms with van der Waals surface area (Å²) in [7, 11) is -3.43. The largest absolute Gasteiger partial charge is 0.390 e. The van der Waals surface area contributed by atoms with E-state index in [1.165, 1.54) is 60.8 Å². The lowest BCUT2D eigenvalue weighted by atomic mass is 10.0. The number of sulfonamides is 1. The third-order valence-corrected chi connectivity index (χ3v) is 11.1. The maximum Gasteiger partial charge on any atom is 0.251 e. The molecule has 3 aliphatic rings. The third-order valence-electron chi connectivity index (χ3n) is 9.50. The van der Waals surface area contributed by atoms with Gasteiger partial charge in [-0.15, -0.1) is 0 Å². The van der Waals surface area contributed by atoms with Gasteiger partial charge in [-0.2, -0.15) is 9.40 Å². The Morgan fingerprint density at radius 1 is 1.07 bits per heavy atom. The summed E-state index contributed by atoms with van der Waals surface area (Å²) >= 11 is 6.52. The van der Waals surface area contributed by atoms with E-state index in [0.717, 1.165) is 42.8 Å². The SMILES string of the molecule is CS(=O)(=O)N1CCc2c(c(-c3ccc(Cl)c(CNC(=O)c4ccc(F)cc4)c3)nn2CC(O)CN2CCC(N3CCCC3)CC2)C1. The quantitative estimate of drug-likeness (QED) is 0.339. The number of aromatic nitrogens is 2. The van der Waals surface area contributed by atoms with Gasteiger partial charge in [0.1, 0.15) is 5.82 Å². The highest BCUT2D eigenvalue weighted by molar-refractivity contribution is 7.88. The standard InChI is InChI=1S/C33H42ClFN6O4S/c1-46(44,45)40-17-12-31-29(22-40)32(24-6-9-30(34)25(18-24)19-36-33(43)23-4-7-26(35)8-5-23)37-41(31)21-28(42)20-38-15-10-27(11-16-38)39-13-2-3-14-39/h4-9,18,27-28,42H,2-3,10-17,19-22H2,1H3,(H,36,43). The molecule has 13 heteroatoms. The van der Waals surface area contributed by atoms with Crippen LogP contribution in [0.25, 0.3) is 11.3 Å². The number of aliphatic hydroxyl groups excluding tert-OH is 1. The molecule has 3 aliphatic heterocycles. The van der Waals surface area contributed by atoms with Crippen LogP contribution in [0.1, 0.15) is 52.9 Å². The predicted octanol–water partition coefficient (Wildman–Crippen LogP) is 3.51. The molecule has 1 amide bonds. The van der Waals surface area contributed by atoms with E-state index in [1.807, 2.05) is 16.8 Å². The van der Waals surface area contributed by atoms with Crippen LogP contribution < -0.4 is 5.32 Å². The van der Waals surface area contributed by atoms with Crippen LogP contribution in [-0.2, 0) is 36.1 Å². The van der Waals surface area contributed by atoms with Gasteiger partial charge in [0, 0.05) is 66.0 Å². The molecule has 2 aromatic carbocycles. The second kappa shape index (κ2) is 14.1. The number of carbonyl (C=O) groups excluding carboxylic acids is 1. The highest BCUT2D eigenvalue weighted by Gasteiger charge is 2.31. The number of β-amino-alcohol motifs (C(OH)–C–C–N with tert-alkyl or cyclic N) is 1. The molecule has 1 aromatic heterocycles. The molecule has 0 aliphatic carbocycles. The molecule has 10 nitrogen and oxygen atoms in total. The lowest BCUT2D eigenvalue weighted by Crippen LogP contribution is -2.46. The number of carbonyl (C=O) groups is 1. The molecule has 1 atom stereocenters. The lowest BCUT2D eigenvalue weighted by molar-refractivity contribution is 0.0635. The molecule has 3 aromatic rings. The van der Waals surface area contributed by atoms with E-state index in [2.05, 4.69) is 15.1 Å². The maximum absolute atomic E-state index is 13.3. The van der Waals surface area contributed by atoms with Gasteiger partial charge < -0.3 is 20.2 Å². The van der Waals surface area contributed by atoms with E-state index >= 15 is 0 Å². The van der Waals surface area contributed by atoms with Crippen molar-refractivity contribution >= 4 is 27.5 Å². The minimum atomic E-state index is -3.43. The Morgan fingerprint density at radius 3 is 2.48 bits per heavy atom. The molecule has 248 valence electrons. The first-order valence-corrected chi connectivity index (χ1v) is 18.3. The Morgan fingerprint density at radius 2 is 1.78 bits per heavy atom. The molecular weight excluding hydrogens is 631 g/mol. The number of fused-ring (bicyclic) bond motifs is 1. The predicted molar refractivity (Wildman–Crippen MR) is 175 cm³/mol. The minimum absolute atomic E-state index is 0.133. The number of aliphatic hydroxyl groups is 1. The summed E-state index contributed by atoms with van der Waals surface area (Å²) < 4.78 is 41.6. The number of hydrogen-bond donors (Lipinski definition) is 2. The molecule has 6 rings (SSSR count). The van der Waals surface area contributed by atoms with Gasteiger partial charge in [0.2, 0.25) is 10.0 Å². The first-order chi connectivity index (χ1) is 22.0. The third kappa shape index (κ3) is 7.64. The highest BCUT2D eigenvalue weighted by Crippen LogP contribution is 2.33. The van der Waals surface area contributed by atoms with Crippen molar-refractivity contribution < 1.29 is 22.7 Å². The van der Waals surface area contributed by atoms with Crippen molar-refractivity contribution in [2.75, 3.05) is 45.5 Å². The van der Waals surface area contributed by atoms with Crippen LogP contribution in [0.3, 0.4) is 0 Å². The van der Waals surface area contributed by atoms with Gasteiger partial charge in [-0.05, 0) is 93.8 Å². The fourth-order valence-corrected chi connectivity index (χ4v) is 7.97. The topological polar surface area (TPSA) is 111 Å². The Hall–Kier alpha value is -2.87. The van der Waals surface area contributed by atoms with Crippen molar-refractivity contribution in [2.24, 2.45) is 0 Å². The fraction of sp³-hybridized carbons (Fsp3) is 0.515. The van der Waals surface area contributed by atoms with Crippen molar-refractivity contribution in [3.63, 3.8) is 0 Å². The number of hydrogen-bond acceptors (Lipinski definition) is 7. The number of halogens is 2. The summed E-state index contributed by atoms with van der Waals surface area (Å²) in [6.45, 7) is 5.87. The second-order valence-corrected chi connectivity index (χ2v) is 15.1. The Labute approximate surface area is 275 Å². The summed E-state index contributed by atoms with van der Waals surface area (Å²) in [6.07, 6.45) is 5.90. The van der Waals surface area contributed by atoms with E-state index in [-0.39, 0.29) is 19.0 Å². The van der Waals surface area contributed by atoms with Gasteiger partial charge in [-0.3, -0.25) is 9.48 Å².